The summed E-state index contributed by atoms with van der Waals surface area (Å²) in [5.74, 6) is -0.0924. The van der Waals surface area contributed by atoms with Crippen LogP contribution in [0, 0.1) is 10.1 Å². The van der Waals surface area contributed by atoms with E-state index in [0.717, 1.165) is 6.07 Å². The summed E-state index contributed by atoms with van der Waals surface area (Å²) in [5.41, 5.74) is -0.614. The number of aliphatic hydroxyl groups is 1. The van der Waals surface area contributed by atoms with Crippen molar-refractivity contribution in [3.8, 4) is 11.5 Å². The Balaban J connectivity index is 2.89. The molecule has 0 radical (unpaired) electrons. The van der Waals surface area contributed by atoms with E-state index >= 15 is 0 Å². The number of rotatable bonds is 8. The van der Waals surface area contributed by atoms with Gasteiger partial charge < -0.3 is 20.3 Å². The molecule has 0 unspecified atom stereocenters. The van der Waals surface area contributed by atoms with E-state index in [9.17, 15) is 20.3 Å². The zero-order valence-corrected chi connectivity index (χ0v) is 12.5. The van der Waals surface area contributed by atoms with E-state index in [0.29, 0.717) is 24.9 Å². The number of nitro benzene ring substituents is 1. The number of phenols is 1. The number of benzene rings is 1. The fraction of sp³-hybridized carbons (Fsp3) is 0.571. The van der Waals surface area contributed by atoms with Crippen molar-refractivity contribution in [1.29, 1.82) is 0 Å². The Kier molecular flexibility index (Phi) is 5.92. The second kappa shape index (κ2) is 7.24. The quantitative estimate of drug-likeness (QED) is 0.500. The van der Waals surface area contributed by atoms with Crippen molar-refractivity contribution < 1.29 is 19.9 Å². The number of nitrogens with one attached hydrogen (secondary N) is 1. The van der Waals surface area contributed by atoms with Gasteiger partial charge in [-0.25, -0.2) is 0 Å². The van der Waals surface area contributed by atoms with Crippen molar-refractivity contribution >= 4 is 5.69 Å². The number of phenolic OH excluding ortho intramolecular Hbond substituents is 1. The molecule has 0 saturated heterocycles. The number of ether oxygens (including phenoxy) is 1. The highest BCUT2D eigenvalue weighted by molar-refractivity contribution is 5.53. The molecule has 118 valence electrons. The van der Waals surface area contributed by atoms with Gasteiger partial charge in [0.25, 0.3) is 5.69 Å². The third-order valence-electron chi connectivity index (χ3n) is 3.66. The predicted octanol–water partition coefficient (Wildman–Crippen LogP) is 1.95. The summed E-state index contributed by atoms with van der Waals surface area (Å²) in [6, 6.07) is 2.50. The molecule has 0 heterocycles. The molecule has 1 aromatic rings. The van der Waals surface area contributed by atoms with Crippen molar-refractivity contribution in [2.75, 3.05) is 13.7 Å². The number of methoxy groups -OCH3 is 1. The molecule has 0 aliphatic heterocycles. The first kappa shape index (κ1) is 17.2. The number of nitro groups is 1. The van der Waals surface area contributed by atoms with Crippen LogP contribution in [0.2, 0.25) is 0 Å². The van der Waals surface area contributed by atoms with E-state index in [1.165, 1.54) is 13.2 Å². The molecule has 3 N–H and O–H groups in total. The van der Waals surface area contributed by atoms with E-state index in [-0.39, 0.29) is 23.7 Å². The normalized spacial score (nSPS) is 11.4. The molecule has 0 amide bonds. The second-order valence-corrected chi connectivity index (χ2v) is 4.94. The van der Waals surface area contributed by atoms with Gasteiger partial charge >= 0.3 is 0 Å². The molecular formula is C14H22N2O5. The first-order valence-corrected chi connectivity index (χ1v) is 6.84. The third-order valence-corrected chi connectivity index (χ3v) is 3.66. The lowest BCUT2D eigenvalue weighted by Gasteiger charge is -2.25. The zero-order valence-electron chi connectivity index (χ0n) is 12.5. The van der Waals surface area contributed by atoms with Crippen LogP contribution in [0.25, 0.3) is 0 Å². The summed E-state index contributed by atoms with van der Waals surface area (Å²) in [5, 5.41) is 33.8. The van der Waals surface area contributed by atoms with Crippen LogP contribution >= 0.6 is 0 Å². The van der Waals surface area contributed by atoms with E-state index < -0.39 is 10.5 Å². The summed E-state index contributed by atoms with van der Waals surface area (Å²) in [4.78, 5) is 10.5. The minimum absolute atomic E-state index is 0.179. The van der Waals surface area contributed by atoms with Crippen LogP contribution in [0.1, 0.15) is 32.3 Å². The minimum Gasteiger partial charge on any atom is -0.504 e. The van der Waals surface area contributed by atoms with Gasteiger partial charge in [0.05, 0.1) is 23.7 Å². The molecular weight excluding hydrogens is 276 g/mol. The Morgan fingerprint density at radius 2 is 2.00 bits per heavy atom. The molecule has 0 aromatic heterocycles. The highest BCUT2D eigenvalue weighted by Gasteiger charge is 2.23. The molecule has 7 heteroatoms. The second-order valence-electron chi connectivity index (χ2n) is 4.94. The van der Waals surface area contributed by atoms with E-state index in [1.807, 2.05) is 13.8 Å². The molecule has 0 aliphatic rings. The summed E-state index contributed by atoms with van der Waals surface area (Å²) >= 11 is 0. The molecule has 21 heavy (non-hydrogen) atoms. The molecule has 1 aromatic carbocycles. The Bertz CT molecular complexity index is 500. The molecule has 7 nitrogen and oxygen atoms in total. The van der Waals surface area contributed by atoms with Crippen LogP contribution < -0.4 is 10.1 Å². The first-order chi connectivity index (χ1) is 9.86. The van der Waals surface area contributed by atoms with Crippen LogP contribution in [-0.4, -0.2) is 34.4 Å². The average Bonchev–Trinajstić information content (AvgIpc) is 2.47. The van der Waals surface area contributed by atoms with E-state index in [2.05, 4.69) is 5.32 Å². The van der Waals surface area contributed by atoms with Gasteiger partial charge in [-0.15, -0.1) is 0 Å². The molecule has 0 fully saturated rings. The summed E-state index contributed by atoms with van der Waals surface area (Å²) in [6.07, 6.45) is 1.19. The maximum Gasteiger partial charge on any atom is 0.277 e. The third kappa shape index (κ3) is 4.30. The van der Waals surface area contributed by atoms with Crippen LogP contribution in [0.5, 0.6) is 11.5 Å². The van der Waals surface area contributed by atoms with Crippen molar-refractivity contribution in [3.05, 3.63) is 27.8 Å². The fourth-order valence-electron chi connectivity index (χ4n) is 2.00. The smallest absolute Gasteiger partial charge is 0.277 e. The SMILES string of the molecule is CCC(O)(CC)CNCc1cc(OC)c(O)cc1[N+](=O)[O-]. The van der Waals surface area contributed by atoms with Crippen molar-refractivity contribution in [2.24, 2.45) is 0 Å². The largest absolute Gasteiger partial charge is 0.504 e. The highest BCUT2D eigenvalue weighted by atomic mass is 16.6. The molecule has 0 spiro atoms. The Morgan fingerprint density at radius 1 is 1.38 bits per heavy atom. The minimum atomic E-state index is -0.824. The van der Waals surface area contributed by atoms with Gasteiger partial charge in [-0.3, -0.25) is 10.1 Å². The summed E-state index contributed by atoms with van der Waals surface area (Å²) < 4.78 is 4.96. The molecule has 0 atom stereocenters. The van der Waals surface area contributed by atoms with E-state index in [1.54, 1.807) is 0 Å². The van der Waals surface area contributed by atoms with Gasteiger partial charge in [-0.2, -0.15) is 0 Å². The van der Waals surface area contributed by atoms with Gasteiger partial charge in [0.2, 0.25) is 0 Å². The number of aromatic hydroxyl groups is 1. The van der Waals surface area contributed by atoms with Crippen LogP contribution in [0.15, 0.2) is 12.1 Å². The zero-order chi connectivity index (χ0) is 16.0. The van der Waals surface area contributed by atoms with Crippen LogP contribution in [-0.2, 0) is 6.54 Å². The van der Waals surface area contributed by atoms with Crippen LogP contribution in [0.4, 0.5) is 5.69 Å². The van der Waals surface area contributed by atoms with Gasteiger partial charge in [0.1, 0.15) is 0 Å². The molecule has 1 rings (SSSR count). The monoisotopic (exact) mass is 298 g/mol. The van der Waals surface area contributed by atoms with Crippen LogP contribution in [0.3, 0.4) is 0 Å². The standard InChI is InChI=1S/C14H22N2O5/c1-4-14(18,5-2)9-15-8-10-6-13(21-3)12(17)7-11(10)16(19)20/h6-7,15,17-18H,4-5,8-9H2,1-3H3. The molecule has 0 aliphatic carbocycles. The van der Waals surface area contributed by atoms with E-state index in [4.69, 9.17) is 4.74 Å². The summed E-state index contributed by atoms with van der Waals surface area (Å²) in [7, 11) is 1.38. The number of nitrogens with zero attached hydrogens (tertiary/aromatic N) is 1. The molecule has 0 saturated carbocycles. The van der Waals surface area contributed by atoms with Gasteiger partial charge in [0.15, 0.2) is 11.5 Å². The van der Waals surface area contributed by atoms with Gasteiger partial charge in [-0.05, 0) is 18.9 Å². The number of hydrogen-bond donors (Lipinski definition) is 3. The lowest BCUT2D eigenvalue weighted by molar-refractivity contribution is -0.385. The predicted molar refractivity (Wildman–Crippen MR) is 78.6 cm³/mol. The lowest BCUT2D eigenvalue weighted by Crippen LogP contribution is -2.39. The van der Waals surface area contributed by atoms with Crippen molar-refractivity contribution in [1.82, 2.24) is 5.32 Å². The van der Waals surface area contributed by atoms with Gasteiger partial charge in [0, 0.05) is 18.7 Å². The van der Waals surface area contributed by atoms with Crippen molar-refractivity contribution in [3.63, 3.8) is 0 Å². The summed E-state index contributed by atoms with van der Waals surface area (Å²) in [6.45, 7) is 4.31. The average molecular weight is 298 g/mol. The highest BCUT2D eigenvalue weighted by Crippen LogP contribution is 2.33. The Labute approximate surface area is 123 Å². The fourth-order valence-corrected chi connectivity index (χ4v) is 2.00. The lowest BCUT2D eigenvalue weighted by atomic mass is 9.97. The first-order valence-electron chi connectivity index (χ1n) is 6.84. The maximum atomic E-state index is 11.0. The molecule has 0 bridgehead atoms. The van der Waals surface area contributed by atoms with Gasteiger partial charge in [-0.1, -0.05) is 13.8 Å². The Morgan fingerprint density at radius 3 is 2.48 bits per heavy atom. The van der Waals surface area contributed by atoms with Crippen molar-refractivity contribution in [2.45, 2.75) is 38.8 Å². The topological polar surface area (TPSA) is 105 Å². The Hall–Kier alpha value is -1.86. The maximum absolute atomic E-state index is 11.0. The number of hydrogen-bond acceptors (Lipinski definition) is 6.